The number of fused-ring (bicyclic) bond motifs is 1. The van der Waals surface area contributed by atoms with Crippen LogP contribution in [-0.4, -0.2) is 56.0 Å². The SMILES string of the molecule is CC1COCCN1c1nc(-c2ccc(NC(=O)c3cc(-c4cccs4)ccn3)nc2)cn2ccnc12. The van der Waals surface area contributed by atoms with E-state index in [4.69, 9.17) is 9.72 Å². The number of thiophene rings is 1. The molecule has 10 heteroatoms. The van der Waals surface area contributed by atoms with Gasteiger partial charge in [-0.1, -0.05) is 6.07 Å². The predicted molar refractivity (Wildman–Crippen MR) is 139 cm³/mol. The zero-order chi connectivity index (χ0) is 24.5. The molecule has 1 unspecified atom stereocenters. The number of ether oxygens (including phenoxy) is 1. The summed E-state index contributed by atoms with van der Waals surface area (Å²) in [5, 5.41) is 4.84. The molecular weight excluding hydrogens is 474 g/mol. The summed E-state index contributed by atoms with van der Waals surface area (Å²) in [6.07, 6.45) is 8.97. The topological polar surface area (TPSA) is 97.5 Å². The molecule has 6 heterocycles. The molecule has 5 aromatic heterocycles. The van der Waals surface area contributed by atoms with Gasteiger partial charge < -0.3 is 19.4 Å². The molecule has 0 saturated carbocycles. The van der Waals surface area contributed by atoms with Crippen LogP contribution in [0.4, 0.5) is 11.6 Å². The van der Waals surface area contributed by atoms with Crippen molar-refractivity contribution < 1.29 is 9.53 Å². The van der Waals surface area contributed by atoms with Crippen LogP contribution in [0.3, 0.4) is 0 Å². The lowest BCUT2D eigenvalue weighted by Gasteiger charge is -2.34. The smallest absolute Gasteiger partial charge is 0.275 e. The standard InChI is InChI=1S/C26H23N7O2S/c1-17-16-35-11-10-33(17)25-24-28-8-9-32(24)15-21(30-25)19-4-5-23(29-14-19)31-26(34)20-13-18(6-7-27-20)22-3-2-12-36-22/h2-9,12-15,17H,10-11,16H2,1H3,(H,29,31,34). The van der Waals surface area contributed by atoms with Crippen LogP contribution in [-0.2, 0) is 4.74 Å². The lowest BCUT2D eigenvalue weighted by atomic mass is 10.2. The second-order valence-electron chi connectivity index (χ2n) is 8.52. The number of rotatable bonds is 5. The minimum atomic E-state index is -0.310. The van der Waals surface area contributed by atoms with Gasteiger partial charge in [-0.05, 0) is 48.2 Å². The highest BCUT2D eigenvalue weighted by Gasteiger charge is 2.24. The highest BCUT2D eigenvalue weighted by atomic mass is 32.1. The summed E-state index contributed by atoms with van der Waals surface area (Å²) < 4.78 is 7.57. The van der Waals surface area contributed by atoms with E-state index in [9.17, 15) is 4.79 Å². The molecule has 5 aromatic rings. The molecule has 1 atom stereocenters. The number of carbonyl (C=O) groups excluding carboxylic acids is 1. The molecule has 0 radical (unpaired) electrons. The van der Waals surface area contributed by atoms with Crippen LogP contribution in [0, 0.1) is 0 Å². The minimum absolute atomic E-state index is 0.199. The van der Waals surface area contributed by atoms with Gasteiger partial charge in [0.05, 0.1) is 24.9 Å². The Bertz CT molecular complexity index is 1520. The molecule has 1 fully saturated rings. The molecule has 1 N–H and O–H groups in total. The van der Waals surface area contributed by atoms with Gasteiger partial charge in [0.25, 0.3) is 5.91 Å². The maximum Gasteiger partial charge on any atom is 0.275 e. The molecule has 36 heavy (non-hydrogen) atoms. The van der Waals surface area contributed by atoms with Crippen molar-refractivity contribution in [1.82, 2.24) is 24.3 Å². The first-order chi connectivity index (χ1) is 17.7. The largest absolute Gasteiger partial charge is 0.377 e. The number of nitrogens with zero attached hydrogens (tertiary/aromatic N) is 6. The maximum absolute atomic E-state index is 12.8. The number of carbonyl (C=O) groups is 1. The molecular formula is C26H23N7O2S. The van der Waals surface area contributed by atoms with E-state index in [0.717, 1.165) is 39.7 Å². The van der Waals surface area contributed by atoms with Gasteiger partial charge >= 0.3 is 0 Å². The van der Waals surface area contributed by atoms with Gasteiger partial charge in [-0.15, -0.1) is 11.3 Å². The average molecular weight is 498 g/mol. The zero-order valence-electron chi connectivity index (χ0n) is 19.5. The molecule has 0 aromatic carbocycles. The molecule has 9 nitrogen and oxygen atoms in total. The van der Waals surface area contributed by atoms with Gasteiger partial charge in [0.2, 0.25) is 0 Å². The van der Waals surface area contributed by atoms with Crippen LogP contribution in [0.2, 0.25) is 0 Å². The Kier molecular flexibility index (Phi) is 5.88. The second-order valence-corrected chi connectivity index (χ2v) is 9.47. The highest BCUT2D eigenvalue weighted by molar-refractivity contribution is 7.13. The molecule has 1 amide bonds. The summed E-state index contributed by atoms with van der Waals surface area (Å²) >= 11 is 1.62. The van der Waals surface area contributed by atoms with E-state index in [2.05, 4.69) is 32.1 Å². The maximum atomic E-state index is 12.8. The summed E-state index contributed by atoms with van der Waals surface area (Å²) in [6.45, 7) is 4.19. The van der Waals surface area contributed by atoms with Crippen LogP contribution in [0.25, 0.3) is 27.3 Å². The van der Waals surface area contributed by atoms with Crippen molar-refractivity contribution in [2.75, 3.05) is 30.0 Å². The van der Waals surface area contributed by atoms with E-state index in [1.807, 2.05) is 46.4 Å². The fraction of sp³-hybridized carbons (Fsp3) is 0.192. The Labute approximate surface area is 211 Å². The van der Waals surface area contributed by atoms with Gasteiger partial charge in [-0.2, -0.15) is 0 Å². The van der Waals surface area contributed by atoms with Crippen molar-refractivity contribution in [2.24, 2.45) is 0 Å². The van der Waals surface area contributed by atoms with Gasteiger partial charge in [-0.25, -0.2) is 15.0 Å². The van der Waals surface area contributed by atoms with Crippen LogP contribution < -0.4 is 10.2 Å². The Balaban J connectivity index is 1.24. The van der Waals surface area contributed by atoms with Gasteiger partial charge in [0.1, 0.15) is 11.5 Å². The van der Waals surface area contributed by atoms with E-state index < -0.39 is 0 Å². The fourth-order valence-corrected chi connectivity index (χ4v) is 4.96. The quantitative estimate of drug-likeness (QED) is 0.385. The molecule has 1 aliphatic rings. The zero-order valence-corrected chi connectivity index (χ0v) is 20.4. The number of morpholine rings is 1. The number of hydrogen-bond donors (Lipinski definition) is 1. The minimum Gasteiger partial charge on any atom is -0.377 e. The summed E-state index contributed by atoms with van der Waals surface area (Å²) in [5.41, 5.74) is 3.71. The van der Waals surface area contributed by atoms with Crippen LogP contribution in [0.15, 0.2) is 72.8 Å². The third-order valence-electron chi connectivity index (χ3n) is 6.10. The van der Waals surface area contributed by atoms with Crippen molar-refractivity contribution in [1.29, 1.82) is 0 Å². The van der Waals surface area contributed by atoms with Crippen LogP contribution in [0.1, 0.15) is 17.4 Å². The molecule has 1 saturated heterocycles. The summed E-state index contributed by atoms with van der Waals surface area (Å²) in [5.74, 6) is 0.954. The van der Waals surface area contributed by atoms with Crippen molar-refractivity contribution >= 4 is 34.5 Å². The Morgan fingerprint density at radius 1 is 1.14 bits per heavy atom. The first kappa shape index (κ1) is 22.3. The van der Waals surface area contributed by atoms with Crippen molar-refractivity contribution in [3.8, 4) is 21.7 Å². The number of pyridine rings is 2. The van der Waals surface area contributed by atoms with E-state index in [-0.39, 0.29) is 11.9 Å². The number of anilines is 2. The van der Waals surface area contributed by atoms with Crippen molar-refractivity contribution in [3.05, 3.63) is 78.5 Å². The molecule has 6 rings (SSSR count). The predicted octanol–water partition coefficient (Wildman–Crippen LogP) is 4.39. The Hall–Kier alpha value is -4.15. The van der Waals surface area contributed by atoms with E-state index >= 15 is 0 Å². The third-order valence-corrected chi connectivity index (χ3v) is 7.01. The van der Waals surface area contributed by atoms with E-state index in [1.165, 1.54) is 0 Å². The summed E-state index contributed by atoms with van der Waals surface area (Å²) in [7, 11) is 0. The molecule has 1 aliphatic heterocycles. The van der Waals surface area contributed by atoms with Gasteiger partial charge in [0, 0.05) is 48.0 Å². The lowest BCUT2D eigenvalue weighted by molar-refractivity contribution is 0.0986. The van der Waals surface area contributed by atoms with E-state index in [0.29, 0.717) is 24.7 Å². The van der Waals surface area contributed by atoms with Crippen LogP contribution in [0.5, 0.6) is 0 Å². The van der Waals surface area contributed by atoms with Crippen molar-refractivity contribution in [2.45, 2.75) is 13.0 Å². The summed E-state index contributed by atoms with van der Waals surface area (Å²) in [4.78, 5) is 34.3. The summed E-state index contributed by atoms with van der Waals surface area (Å²) in [6, 6.07) is 11.5. The third kappa shape index (κ3) is 4.32. The number of hydrogen-bond acceptors (Lipinski definition) is 8. The number of imidazole rings is 1. The Morgan fingerprint density at radius 3 is 2.89 bits per heavy atom. The normalized spacial score (nSPS) is 15.8. The van der Waals surface area contributed by atoms with Crippen LogP contribution >= 0.6 is 11.3 Å². The molecule has 0 aliphatic carbocycles. The molecule has 0 spiro atoms. The number of aromatic nitrogens is 5. The fourth-order valence-electron chi connectivity index (χ4n) is 4.24. The van der Waals surface area contributed by atoms with Gasteiger partial charge in [-0.3, -0.25) is 9.78 Å². The first-order valence-corrected chi connectivity index (χ1v) is 12.5. The molecule has 180 valence electrons. The lowest BCUT2D eigenvalue weighted by Crippen LogP contribution is -2.44. The number of amides is 1. The Morgan fingerprint density at radius 2 is 2.08 bits per heavy atom. The van der Waals surface area contributed by atoms with Crippen molar-refractivity contribution in [3.63, 3.8) is 0 Å². The average Bonchev–Trinajstić information content (AvgIpc) is 3.62. The first-order valence-electron chi connectivity index (χ1n) is 11.6. The monoisotopic (exact) mass is 497 g/mol. The second kappa shape index (κ2) is 9.48. The molecule has 0 bridgehead atoms. The van der Waals surface area contributed by atoms with Gasteiger partial charge in [0.15, 0.2) is 11.5 Å². The highest BCUT2D eigenvalue weighted by Crippen LogP contribution is 2.27. The van der Waals surface area contributed by atoms with E-state index in [1.54, 1.807) is 42.1 Å². The number of nitrogens with one attached hydrogen (secondary N) is 1.